The van der Waals surface area contributed by atoms with Crippen molar-refractivity contribution in [2.45, 2.75) is 13.5 Å². The van der Waals surface area contributed by atoms with E-state index in [0.717, 1.165) is 31.7 Å². The highest BCUT2D eigenvalue weighted by atomic mass is 35.5. The van der Waals surface area contributed by atoms with Crippen molar-refractivity contribution in [3.05, 3.63) is 65.0 Å². The van der Waals surface area contributed by atoms with Gasteiger partial charge in [0.15, 0.2) is 0 Å². The monoisotopic (exact) mass is 368 g/mol. The summed E-state index contributed by atoms with van der Waals surface area (Å²) in [5.74, 6) is 1.16. The lowest BCUT2D eigenvalue weighted by Gasteiger charge is -2.35. The van der Waals surface area contributed by atoms with Crippen LogP contribution >= 0.6 is 11.6 Å². The fourth-order valence-electron chi connectivity index (χ4n) is 3.24. The number of benzene rings is 2. The van der Waals surface area contributed by atoms with Crippen molar-refractivity contribution < 1.29 is 4.42 Å². The van der Waals surface area contributed by atoms with E-state index in [9.17, 15) is 0 Å². The van der Waals surface area contributed by atoms with Gasteiger partial charge in [-0.3, -0.25) is 4.90 Å². The van der Waals surface area contributed by atoms with Crippen LogP contribution in [0.4, 0.5) is 5.69 Å². The van der Waals surface area contributed by atoms with Gasteiger partial charge in [-0.2, -0.15) is 0 Å². The minimum Gasteiger partial charge on any atom is -0.419 e. The highest BCUT2D eigenvalue weighted by Crippen LogP contribution is 2.22. The largest absolute Gasteiger partial charge is 0.419 e. The minimum absolute atomic E-state index is 0.515. The van der Waals surface area contributed by atoms with E-state index in [2.05, 4.69) is 51.2 Å². The topological polar surface area (TPSA) is 45.4 Å². The van der Waals surface area contributed by atoms with Crippen LogP contribution in [0.2, 0.25) is 5.02 Å². The van der Waals surface area contributed by atoms with Crippen LogP contribution < -0.4 is 4.90 Å². The Hall–Kier alpha value is -2.37. The molecule has 2 aromatic carbocycles. The number of hydrogen-bond acceptors (Lipinski definition) is 5. The second kappa shape index (κ2) is 7.48. The molecule has 2 heterocycles. The first kappa shape index (κ1) is 17.1. The molecule has 1 aromatic heterocycles. The SMILES string of the molecule is Cc1cccc(N2CCN(Cc3nnc(-c4cccc(Cl)c4)o3)CC2)c1. The molecule has 1 fully saturated rings. The zero-order valence-electron chi connectivity index (χ0n) is 14.7. The predicted molar refractivity (Wildman–Crippen MR) is 103 cm³/mol. The van der Waals surface area contributed by atoms with Crippen LogP contribution in [0.25, 0.3) is 11.5 Å². The van der Waals surface area contributed by atoms with Gasteiger partial charge in [0.2, 0.25) is 11.8 Å². The molecule has 1 saturated heterocycles. The number of anilines is 1. The highest BCUT2D eigenvalue weighted by Gasteiger charge is 2.19. The van der Waals surface area contributed by atoms with Crippen molar-refractivity contribution in [1.29, 1.82) is 0 Å². The van der Waals surface area contributed by atoms with Gasteiger partial charge in [-0.05, 0) is 42.8 Å². The third kappa shape index (κ3) is 3.89. The summed E-state index contributed by atoms with van der Waals surface area (Å²) in [4.78, 5) is 4.77. The molecule has 0 atom stereocenters. The first-order valence-electron chi connectivity index (χ1n) is 8.80. The van der Waals surface area contributed by atoms with Crippen molar-refractivity contribution in [2.24, 2.45) is 0 Å². The summed E-state index contributed by atoms with van der Waals surface area (Å²) in [7, 11) is 0. The van der Waals surface area contributed by atoms with Gasteiger partial charge < -0.3 is 9.32 Å². The van der Waals surface area contributed by atoms with Crippen LogP contribution in [0.3, 0.4) is 0 Å². The highest BCUT2D eigenvalue weighted by molar-refractivity contribution is 6.30. The predicted octanol–water partition coefficient (Wildman–Crippen LogP) is 4.02. The Labute approximate surface area is 158 Å². The third-order valence-electron chi connectivity index (χ3n) is 4.64. The smallest absolute Gasteiger partial charge is 0.247 e. The molecule has 0 radical (unpaired) electrons. The standard InChI is InChI=1S/C20H21ClN4O/c1-15-4-2-7-18(12-15)25-10-8-24(9-11-25)14-19-22-23-20(26-19)16-5-3-6-17(21)13-16/h2-7,12-13H,8-11,14H2,1H3. The molecule has 5 nitrogen and oxygen atoms in total. The van der Waals surface area contributed by atoms with Crippen LogP contribution in [-0.4, -0.2) is 41.3 Å². The molecule has 0 bridgehead atoms. The number of halogens is 1. The zero-order chi connectivity index (χ0) is 17.9. The Morgan fingerprint density at radius 3 is 2.58 bits per heavy atom. The molecule has 26 heavy (non-hydrogen) atoms. The molecule has 0 unspecified atom stereocenters. The quantitative estimate of drug-likeness (QED) is 0.696. The average Bonchev–Trinajstić information content (AvgIpc) is 3.11. The number of rotatable bonds is 4. The first-order valence-corrected chi connectivity index (χ1v) is 9.17. The van der Waals surface area contributed by atoms with Gasteiger partial charge >= 0.3 is 0 Å². The van der Waals surface area contributed by atoms with E-state index in [1.54, 1.807) is 0 Å². The van der Waals surface area contributed by atoms with E-state index in [-0.39, 0.29) is 0 Å². The molecule has 3 aromatic rings. The molecule has 0 N–H and O–H groups in total. The molecule has 0 amide bonds. The molecule has 1 aliphatic heterocycles. The molecule has 0 saturated carbocycles. The molecular formula is C20H21ClN4O. The van der Waals surface area contributed by atoms with Gasteiger partial charge in [0.25, 0.3) is 0 Å². The summed E-state index contributed by atoms with van der Waals surface area (Å²) in [5.41, 5.74) is 3.44. The molecule has 4 rings (SSSR count). The maximum Gasteiger partial charge on any atom is 0.247 e. The van der Waals surface area contributed by atoms with E-state index >= 15 is 0 Å². The summed E-state index contributed by atoms with van der Waals surface area (Å²) in [5, 5.41) is 9.00. The van der Waals surface area contributed by atoms with Gasteiger partial charge in [0.05, 0.1) is 6.54 Å². The van der Waals surface area contributed by atoms with Crippen molar-refractivity contribution in [3.63, 3.8) is 0 Å². The van der Waals surface area contributed by atoms with E-state index < -0.39 is 0 Å². The molecule has 134 valence electrons. The van der Waals surface area contributed by atoms with Crippen LogP contribution in [0.15, 0.2) is 52.9 Å². The zero-order valence-corrected chi connectivity index (χ0v) is 15.5. The number of nitrogens with zero attached hydrogens (tertiary/aromatic N) is 4. The summed E-state index contributed by atoms with van der Waals surface area (Å²) < 4.78 is 5.82. The number of hydrogen-bond donors (Lipinski definition) is 0. The Bertz CT molecular complexity index is 887. The fraction of sp³-hybridized carbons (Fsp3) is 0.300. The van der Waals surface area contributed by atoms with Gasteiger partial charge in [-0.1, -0.05) is 29.8 Å². The Morgan fingerprint density at radius 2 is 1.81 bits per heavy atom. The van der Waals surface area contributed by atoms with Gasteiger partial charge in [-0.15, -0.1) is 10.2 Å². The van der Waals surface area contributed by atoms with E-state index in [1.165, 1.54) is 11.3 Å². The van der Waals surface area contributed by atoms with Crippen molar-refractivity contribution in [2.75, 3.05) is 31.1 Å². The van der Waals surface area contributed by atoms with Crippen LogP contribution in [0, 0.1) is 6.92 Å². The molecular weight excluding hydrogens is 348 g/mol. The number of aryl methyl sites for hydroxylation is 1. The molecule has 1 aliphatic rings. The lowest BCUT2D eigenvalue weighted by atomic mass is 10.2. The Morgan fingerprint density at radius 1 is 1.00 bits per heavy atom. The normalized spacial score (nSPS) is 15.4. The van der Waals surface area contributed by atoms with Crippen molar-refractivity contribution >= 4 is 17.3 Å². The molecule has 0 spiro atoms. The first-order chi connectivity index (χ1) is 12.7. The summed E-state index contributed by atoms with van der Waals surface area (Å²) >= 11 is 6.03. The second-order valence-electron chi connectivity index (χ2n) is 6.61. The number of aromatic nitrogens is 2. The van der Waals surface area contributed by atoms with E-state index in [4.69, 9.17) is 16.0 Å². The summed E-state index contributed by atoms with van der Waals surface area (Å²) in [6, 6.07) is 16.1. The lowest BCUT2D eigenvalue weighted by molar-refractivity contribution is 0.227. The van der Waals surface area contributed by atoms with Gasteiger partial charge in [0, 0.05) is 42.5 Å². The third-order valence-corrected chi connectivity index (χ3v) is 4.87. The summed E-state index contributed by atoms with van der Waals surface area (Å²) in [6.45, 7) is 6.76. The van der Waals surface area contributed by atoms with Crippen LogP contribution in [0.1, 0.15) is 11.5 Å². The average molecular weight is 369 g/mol. The fourth-order valence-corrected chi connectivity index (χ4v) is 3.43. The second-order valence-corrected chi connectivity index (χ2v) is 7.05. The van der Waals surface area contributed by atoms with Gasteiger partial charge in [0.1, 0.15) is 0 Å². The van der Waals surface area contributed by atoms with Crippen molar-refractivity contribution in [3.8, 4) is 11.5 Å². The Kier molecular flexibility index (Phi) is 4.91. The van der Waals surface area contributed by atoms with Gasteiger partial charge in [-0.25, -0.2) is 0 Å². The van der Waals surface area contributed by atoms with Crippen molar-refractivity contribution in [1.82, 2.24) is 15.1 Å². The summed E-state index contributed by atoms with van der Waals surface area (Å²) in [6.07, 6.45) is 0. The van der Waals surface area contributed by atoms with Crippen LogP contribution in [-0.2, 0) is 6.54 Å². The Balaban J connectivity index is 1.36. The van der Waals surface area contributed by atoms with E-state index in [1.807, 2.05) is 24.3 Å². The molecule has 6 heteroatoms. The van der Waals surface area contributed by atoms with E-state index in [0.29, 0.717) is 23.3 Å². The molecule has 0 aliphatic carbocycles. The maximum absolute atomic E-state index is 6.03. The number of piperazine rings is 1. The lowest BCUT2D eigenvalue weighted by Crippen LogP contribution is -2.46. The maximum atomic E-state index is 6.03. The minimum atomic E-state index is 0.515. The van der Waals surface area contributed by atoms with Crippen LogP contribution in [0.5, 0.6) is 0 Å².